The molecule has 4 bridgehead atoms. The second-order valence-corrected chi connectivity index (χ2v) is 8.86. The number of amides is 1. The predicted octanol–water partition coefficient (Wildman–Crippen LogP) is 4.39. The lowest BCUT2D eigenvalue weighted by Gasteiger charge is -2.59. The smallest absolute Gasteiger partial charge is 0.272 e. The highest BCUT2D eigenvalue weighted by Crippen LogP contribution is 2.61. The zero-order chi connectivity index (χ0) is 17.7. The van der Waals surface area contributed by atoms with Crippen molar-refractivity contribution in [1.82, 2.24) is 15.5 Å². The van der Waals surface area contributed by atoms with Gasteiger partial charge < -0.3 is 9.73 Å². The Balaban J connectivity index is 1.34. The van der Waals surface area contributed by atoms with Crippen LogP contribution in [0.3, 0.4) is 0 Å². The molecule has 2 aromatic rings. The molecule has 1 amide bonds. The first-order valence-electron chi connectivity index (χ1n) is 10.1. The van der Waals surface area contributed by atoms with E-state index in [-0.39, 0.29) is 11.9 Å². The highest BCUT2D eigenvalue weighted by molar-refractivity contribution is 5.93. The highest BCUT2D eigenvalue weighted by Gasteiger charge is 2.54. The number of aromatic nitrogens is 2. The molecule has 4 saturated carbocycles. The van der Waals surface area contributed by atoms with E-state index in [9.17, 15) is 4.79 Å². The Labute approximate surface area is 153 Å². The van der Waals surface area contributed by atoms with Crippen LogP contribution in [0, 0.1) is 23.2 Å². The number of furan rings is 1. The van der Waals surface area contributed by atoms with Crippen LogP contribution in [0.4, 0.5) is 0 Å². The van der Waals surface area contributed by atoms with Crippen LogP contribution in [-0.2, 0) is 0 Å². The van der Waals surface area contributed by atoms with Gasteiger partial charge in [0.1, 0.15) is 5.69 Å². The summed E-state index contributed by atoms with van der Waals surface area (Å²) in [7, 11) is 0. The van der Waals surface area contributed by atoms with E-state index in [0.717, 1.165) is 29.9 Å². The first kappa shape index (κ1) is 16.2. The van der Waals surface area contributed by atoms with Crippen molar-refractivity contribution in [3.05, 3.63) is 30.2 Å². The molecule has 0 radical (unpaired) electrons. The number of rotatable bonds is 5. The number of hydrogen-bond donors (Lipinski definition) is 2. The summed E-state index contributed by atoms with van der Waals surface area (Å²) in [5.74, 6) is 3.31. The minimum Gasteiger partial charge on any atom is -0.463 e. The van der Waals surface area contributed by atoms with Gasteiger partial charge in [0.05, 0.1) is 6.26 Å². The first-order chi connectivity index (χ1) is 12.6. The normalized spacial score (nSPS) is 33.3. The summed E-state index contributed by atoms with van der Waals surface area (Å²) in [6.45, 7) is 2.21. The fraction of sp³-hybridized carbons (Fsp3) is 0.619. The molecule has 0 aromatic carbocycles. The van der Waals surface area contributed by atoms with Crippen LogP contribution in [0.25, 0.3) is 11.5 Å². The summed E-state index contributed by atoms with van der Waals surface area (Å²) in [5, 5.41) is 10.5. The van der Waals surface area contributed by atoms with Crippen molar-refractivity contribution in [2.75, 3.05) is 0 Å². The number of nitrogens with zero attached hydrogens (tertiary/aromatic N) is 1. The van der Waals surface area contributed by atoms with Gasteiger partial charge in [0.25, 0.3) is 5.91 Å². The monoisotopic (exact) mass is 353 g/mol. The predicted molar refractivity (Wildman–Crippen MR) is 98.4 cm³/mol. The molecule has 0 saturated heterocycles. The fourth-order valence-corrected chi connectivity index (χ4v) is 6.52. The van der Waals surface area contributed by atoms with E-state index in [1.807, 2.05) is 12.1 Å². The molecular formula is C21H27N3O2. The fourth-order valence-electron chi connectivity index (χ4n) is 6.52. The average Bonchev–Trinajstić information content (AvgIpc) is 3.29. The van der Waals surface area contributed by atoms with Gasteiger partial charge in [-0.05, 0) is 80.2 Å². The van der Waals surface area contributed by atoms with E-state index >= 15 is 0 Å². The maximum atomic E-state index is 12.9. The van der Waals surface area contributed by atoms with E-state index in [1.54, 1.807) is 12.3 Å². The maximum Gasteiger partial charge on any atom is 0.272 e. The standard InChI is InChI=1S/C21H27N3O2/c1-2-19(21-10-13-6-14(11-21)8-15(7-13)12-21)22-20(25)17-9-16(23-24-17)18-4-3-5-26-18/h3-5,9,13-15,19H,2,6-8,10-12H2,1H3,(H,22,25)(H,23,24). The molecule has 5 nitrogen and oxygen atoms in total. The van der Waals surface area contributed by atoms with E-state index < -0.39 is 0 Å². The second kappa shape index (κ2) is 6.00. The zero-order valence-corrected chi connectivity index (χ0v) is 15.3. The minimum absolute atomic E-state index is 0.0679. The zero-order valence-electron chi connectivity index (χ0n) is 15.3. The van der Waals surface area contributed by atoms with Gasteiger partial charge in [-0.15, -0.1) is 0 Å². The summed E-state index contributed by atoms with van der Waals surface area (Å²) in [6, 6.07) is 5.73. The summed E-state index contributed by atoms with van der Waals surface area (Å²) < 4.78 is 5.38. The van der Waals surface area contributed by atoms with Crippen molar-refractivity contribution >= 4 is 5.91 Å². The number of hydrogen-bond acceptors (Lipinski definition) is 3. The summed E-state index contributed by atoms with van der Waals surface area (Å²) in [6.07, 6.45) is 10.8. The van der Waals surface area contributed by atoms with Gasteiger partial charge in [-0.3, -0.25) is 9.89 Å². The molecule has 4 aliphatic rings. The van der Waals surface area contributed by atoms with Crippen LogP contribution in [0.5, 0.6) is 0 Å². The molecule has 1 atom stereocenters. The quantitative estimate of drug-likeness (QED) is 0.837. The molecule has 2 heterocycles. The Morgan fingerprint density at radius 1 is 1.31 bits per heavy atom. The SMILES string of the molecule is CCC(NC(=O)c1cc(-c2ccco2)[nH]n1)C12CC3CC(CC(C3)C1)C2. The lowest BCUT2D eigenvalue weighted by molar-refractivity contribution is -0.0727. The van der Waals surface area contributed by atoms with Crippen molar-refractivity contribution in [2.45, 2.75) is 57.9 Å². The molecule has 0 spiro atoms. The van der Waals surface area contributed by atoms with Gasteiger partial charge in [-0.1, -0.05) is 6.92 Å². The Bertz CT molecular complexity index is 757. The van der Waals surface area contributed by atoms with Crippen molar-refractivity contribution in [1.29, 1.82) is 0 Å². The van der Waals surface area contributed by atoms with Crippen LogP contribution < -0.4 is 5.32 Å². The molecule has 26 heavy (non-hydrogen) atoms. The van der Waals surface area contributed by atoms with Crippen molar-refractivity contribution in [3.63, 3.8) is 0 Å². The molecule has 4 fully saturated rings. The van der Waals surface area contributed by atoms with Gasteiger partial charge in [-0.2, -0.15) is 5.10 Å². The van der Waals surface area contributed by atoms with Gasteiger partial charge in [0, 0.05) is 12.1 Å². The van der Waals surface area contributed by atoms with Crippen molar-refractivity contribution in [2.24, 2.45) is 23.2 Å². The second-order valence-electron chi connectivity index (χ2n) is 8.86. The lowest BCUT2D eigenvalue weighted by Crippen LogP contribution is -2.56. The molecular weight excluding hydrogens is 326 g/mol. The molecule has 138 valence electrons. The number of nitrogens with one attached hydrogen (secondary N) is 2. The molecule has 0 aliphatic heterocycles. The van der Waals surface area contributed by atoms with E-state index in [2.05, 4.69) is 22.4 Å². The molecule has 5 heteroatoms. The third kappa shape index (κ3) is 2.60. The third-order valence-corrected chi connectivity index (χ3v) is 7.14. The minimum atomic E-state index is -0.0679. The van der Waals surface area contributed by atoms with Crippen LogP contribution in [0.1, 0.15) is 62.4 Å². The topological polar surface area (TPSA) is 70.9 Å². The highest BCUT2D eigenvalue weighted by atomic mass is 16.3. The lowest BCUT2D eigenvalue weighted by atomic mass is 9.47. The molecule has 6 rings (SSSR count). The number of H-pyrrole nitrogens is 1. The van der Waals surface area contributed by atoms with Gasteiger partial charge >= 0.3 is 0 Å². The maximum absolute atomic E-state index is 12.9. The molecule has 2 N–H and O–H groups in total. The van der Waals surface area contributed by atoms with E-state index in [4.69, 9.17) is 4.42 Å². The van der Waals surface area contributed by atoms with E-state index in [0.29, 0.717) is 16.9 Å². The van der Waals surface area contributed by atoms with Gasteiger partial charge in [0.2, 0.25) is 0 Å². The summed E-state index contributed by atoms with van der Waals surface area (Å²) in [5.41, 5.74) is 1.50. The number of carbonyl (C=O) groups excluding carboxylic acids is 1. The summed E-state index contributed by atoms with van der Waals surface area (Å²) in [4.78, 5) is 12.9. The van der Waals surface area contributed by atoms with Crippen LogP contribution in [0.15, 0.2) is 28.9 Å². The largest absolute Gasteiger partial charge is 0.463 e. The molecule has 1 unspecified atom stereocenters. The van der Waals surface area contributed by atoms with Crippen LogP contribution >= 0.6 is 0 Å². The van der Waals surface area contributed by atoms with E-state index in [1.165, 1.54) is 38.5 Å². The first-order valence-corrected chi connectivity index (χ1v) is 10.1. The Morgan fingerprint density at radius 2 is 2.00 bits per heavy atom. The van der Waals surface area contributed by atoms with Gasteiger partial charge in [-0.25, -0.2) is 0 Å². The average molecular weight is 353 g/mol. The van der Waals surface area contributed by atoms with Crippen LogP contribution in [0.2, 0.25) is 0 Å². The number of carbonyl (C=O) groups is 1. The Morgan fingerprint density at radius 3 is 2.58 bits per heavy atom. The van der Waals surface area contributed by atoms with Crippen LogP contribution in [-0.4, -0.2) is 22.1 Å². The van der Waals surface area contributed by atoms with Gasteiger partial charge in [0.15, 0.2) is 11.5 Å². The third-order valence-electron chi connectivity index (χ3n) is 7.14. The number of aromatic amines is 1. The van der Waals surface area contributed by atoms with Crippen molar-refractivity contribution in [3.8, 4) is 11.5 Å². The Hall–Kier alpha value is -2.04. The van der Waals surface area contributed by atoms with Crippen molar-refractivity contribution < 1.29 is 9.21 Å². The Kier molecular flexibility index (Phi) is 3.73. The molecule has 2 aromatic heterocycles. The summed E-state index contributed by atoms with van der Waals surface area (Å²) >= 11 is 0. The molecule has 4 aliphatic carbocycles.